The molecule has 1 aromatic rings. The molecule has 1 atom stereocenters. The molecule has 0 saturated heterocycles. The van der Waals surface area contributed by atoms with Gasteiger partial charge in [-0.3, -0.25) is 0 Å². The van der Waals surface area contributed by atoms with Crippen LogP contribution in [0.5, 0.6) is 0 Å². The molecule has 1 unspecified atom stereocenters. The van der Waals surface area contributed by atoms with Crippen molar-refractivity contribution in [3.05, 3.63) is 34.6 Å². The average molecular weight is 244 g/mol. The van der Waals surface area contributed by atoms with Gasteiger partial charge >= 0.3 is 0 Å². The van der Waals surface area contributed by atoms with Crippen molar-refractivity contribution < 1.29 is 4.39 Å². The van der Waals surface area contributed by atoms with Gasteiger partial charge in [-0.25, -0.2) is 4.39 Å². The molecule has 0 aliphatic carbocycles. The largest absolute Gasteiger partial charge is 0.313 e. The zero-order valence-electron chi connectivity index (χ0n) is 10.1. The van der Waals surface area contributed by atoms with Crippen LogP contribution in [-0.2, 0) is 0 Å². The summed E-state index contributed by atoms with van der Waals surface area (Å²) in [7, 11) is 1.85. The lowest BCUT2D eigenvalue weighted by molar-refractivity contribution is 0.449. The van der Waals surface area contributed by atoms with Gasteiger partial charge in [-0.05, 0) is 44.0 Å². The van der Waals surface area contributed by atoms with E-state index >= 15 is 0 Å². The lowest BCUT2D eigenvalue weighted by atomic mass is 9.97. The molecule has 0 saturated carbocycles. The zero-order valence-corrected chi connectivity index (χ0v) is 10.8. The smallest absolute Gasteiger partial charge is 0.128 e. The first-order valence-electron chi connectivity index (χ1n) is 5.66. The van der Waals surface area contributed by atoms with E-state index in [4.69, 9.17) is 11.6 Å². The molecule has 1 N–H and O–H groups in total. The number of nitrogens with one attached hydrogen (secondary N) is 1. The number of hydrogen-bond donors (Lipinski definition) is 1. The van der Waals surface area contributed by atoms with E-state index in [-0.39, 0.29) is 11.9 Å². The van der Waals surface area contributed by atoms with E-state index < -0.39 is 0 Å². The Kier molecular flexibility index (Phi) is 5.23. The number of rotatable bonds is 5. The second-order valence-corrected chi connectivity index (χ2v) is 4.91. The summed E-state index contributed by atoms with van der Waals surface area (Å²) in [5.74, 6) is 0.436. The molecule has 0 aromatic heterocycles. The highest BCUT2D eigenvalue weighted by Gasteiger charge is 2.14. The van der Waals surface area contributed by atoms with Gasteiger partial charge in [0.05, 0.1) is 0 Å². The van der Waals surface area contributed by atoms with Gasteiger partial charge in [-0.1, -0.05) is 25.4 Å². The number of benzene rings is 1. The maximum atomic E-state index is 13.6. The Morgan fingerprint density at radius 3 is 2.56 bits per heavy atom. The van der Waals surface area contributed by atoms with Crippen LogP contribution in [0.1, 0.15) is 38.3 Å². The van der Waals surface area contributed by atoms with Crippen molar-refractivity contribution in [1.82, 2.24) is 5.32 Å². The SMILES string of the molecule is CNC(CCC(C)C)c1cc(Cl)ccc1F. The molecule has 1 nitrogen and oxygen atoms in total. The summed E-state index contributed by atoms with van der Waals surface area (Å²) in [6.45, 7) is 4.34. The number of hydrogen-bond acceptors (Lipinski definition) is 1. The highest BCUT2D eigenvalue weighted by atomic mass is 35.5. The van der Waals surface area contributed by atoms with E-state index in [1.54, 1.807) is 12.1 Å². The van der Waals surface area contributed by atoms with Gasteiger partial charge < -0.3 is 5.32 Å². The molecular formula is C13H19ClFN. The van der Waals surface area contributed by atoms with Crippen molar-refractivity contribution >= 4 is 11.6 Å². The Labute approximate surface area is 102 Å². The highest BCUT2D eigenvalue weighted by molar-refractivity contribution is 6.30. The van der Waals surface area contributed by atoms with Crippen LogP contribution >= 0.6 is 11.6 Å². The van der Waals surface area contributed by atoms with Crippen molar-refractivity contribution in [2.45, 2.75) is 32.7 Å². The minimum atomic E-state index is -0.187. The maximum absolute atomic E-state index is 13.6. The van der Waals surface area contributed by atoms with E-state index in [1.807, 2.05) is 7.05 Å². The molecule has 1 rings (SSSR count). The minimum Gasteiger partial charge on any atom is -0.313 e. The molecule has 90 valence electrons. The first-order valence-corrected chi connectivity index (χ1v) is 6.04. The maximum Gasteiger partial charge on any atom is 0.128 e. The third-order valence-corrected chi connectivity index (χ3v) is 2.95. The zero-order chi connectivity index (χ0) is 12.1. The van der Waals surface area contributed by atoms with Crippen LogP contribution < -0.4 is 5.32 Å². The van der Waals surface area contributed by atoms with Crippen LogP contribution in [0.25, 0.3) is 0 Å². The molecule has 0 fully saturated rings. The summed E-state index contributed by atoms with van der Waals surface area (Å²) in [5.41, 5.74) is 0.663. The van der Waals surface area contributed by atoms with Crippen molar-refractivity contribution in [1.29, 1.82) is 0 Å². The Hall–Kier alpha value is -0.600. The summed E-state index contributed by atoms with van der Waals surface area (Å²) < 4.78 is 13.6. The summed E-state index contributed by atoms with van der Waals surface area (Å²) in [4.78, 5) is 0. The van der Waals surface area contributed by atoms with Crippen molar-refractivity contribution in [2.75, 3.05) is 7.05 Å². The first kappa shape index (κ1) is 13.5. The van der Waals surface area contributed by atoms with Crippen LogP contribution in [0.15, 0.2) is 18.2 Å². The van der Waals surface area contributed by atoms with E-state index in [2.05, 4.69) is 19.2 Å². The molecule has 0 aliphatic rings. The fourth-order valence-electron chi connectivity index (χ4n) is 1.74. The third kappa shape index (κ3) is 3.76. The molecule has 0 aliphatic heterocycles. The monoisotopic (exact) mass is 243 g/mol. The molecule has 3 heteroatoms. The van der Waals surface area contributed by atoms with E-state index in [0.717, 1.165) is 12.8 Å². The van der Waals surface area contributed by atoms with Crippen LogP contribution in [0, 0.1) is 11.7 Å². The Morgan fingerprint density at radius 2 is 2.00 bits per heavy atom. The first-order chi connectivity index (χ1) is 7.54. The van der Waals surface area contributed by atoms with Gasteiger partial charge in [0.1, 0.15) is 5.82 Å². The van der Waals surface area contributed by atoms with E-state index in [0.29, 0.717) is 16.5 Å². The second-order valence-electron chi connectivity index (χ2n) is 4.48. The van der Waals surface area contributed by atoms with Gasteiger partial charge in [0, 0.05) is 16.6 Å². The topological polar surface area (TPSA) is 12.0 Å². The summed E-state index contributed by atoms with van der Waals surface area (Å²) in [5, 5.41) is 3.73. The molecule has 0 spiro atoms. The number of halogens is 2. The molecular weight excluding hydrogens is 225 g/mol. The lowest BCUT2D eigenvalue weighted by Gasteiger charge is -2.18. The van der Waals surface area contributed by atoms with E-state index in [1.165, 1.54) is 6.07 Å². The standard InChI is InChI=1S/C13H19ClFN/c1-9(2)4-7-13(16-3)11-8-10(14)5-6-12(11)15/h5-6,8-9,13,16H,4,7H2,1-3H3. The fraction of sp³-hybridized carbons (Fsp3) is 0.538. The van der Waals surface area contributed by atoms with Crippen LogP contribution in [0.3, 0.4) is 0 Å². The van der Waals surface area contributed by atoms with Crippen molar-refractivity contribution in [2.24, 2.45) is 5.92 Å². The summed E-state index contributed by atoms with van der Waals surface area (Å²) in [6.07, 6.45) is 1.99. The van der Waals surface area contributed by atoms with E-state index in [9.17, 15) is 4.39 Å². The average Bonchev–Trinajstić information content (AvgIpc) is 2.23. The second kappa shape index (κ2) is 6.21. The Balaban J connectivity index is 2.81. The third-order valence-electron chi connectivity index (χ3n) is 2.71. The molecule has 0 radical (unpaired) electrons. The van der Waals surface area contributed by atoms with Gasteiger partial charge in [0.15, 0.2) is 0 Å². The quantitative estimate of drug-likeness (QED) is 0.818. The van der Waals surface area contributed by atoms with Crippen LogP contribution in [0.4, 0.5) is 4.39 Å². The molecule has 16 heavy (non-hydrogen) atoms. The van der Waals surface area contributed by atoms with Gasteiger partial charge in [-0.15, -0.1) is 0 Å². The molecule has 0 bridgehead atoms. The molecule has 0 heterocycles. The highest BCUT2D eigenvalue weighted by Crippen LogP contribution is 2.25. The minimum absolute atomic E-state index is 0.0427. The van der Waals surface area contributed by atoms with Gasteiger partial charge in [0.2, 0.25) is 0 Å². The Bertz CT molecular complexity index is 339. The van der Waals surface area contributed by atoms with Crippen LogP contribution in [0.2, 0.25) is 5.02 Å². The molecule has 1 aromatic carbocycles. The molecule has 0 amide bonds. The van der Waals surface area contributed by atoms with Gasteiger partial charge in [-0.2, -0.15) is 0 Å². The lowest BCUT2D eigenvalue weighted by Crippen LogP contribution is -2.18. The van der Waals surface area contributed by atoms with Crippen LogP contribution in [-0.4, -0.2) is 7.05 Å². The summed E-state index contributed by atoms with van der Waals surface area (Å²) in [6, 6.07) is 4.76. The fourth-order valence-corrected chi connectivity index (χ4v) is 1.92. The summed E-state index contributed by atoms with van der Waals surface area (Å²) >= 11 is 5.89. The van der Waals surface area contributed by atoms with Crippen molar-refractivity contribution in [3.8, 4) is 0 Å². The predicted molar refractivity (Wildman–Crippen MR) is 67.3 cm³/mol. The Morgan fingerprint density at radius 1 is 1.31 bits per heavy atom. The normalized spacial score (nSPS) is 13.1. The van der Waals surface area contributed by atoms with Crippen molar-refractivity contribution in [3.63, 3.8) is 0 Å². The van der Waals surface area contributed by atoms with Gasteiger partial charge in [0.25, 0.3) is 0 Å². The predicted octanol–water partition coefficient (Wildman–Crippen LogP) is 4.18.